The number of hydrogen-bond donors (Lipinski definition) is 1. The summed E-state index contributed by atoms with van der Waals surface area (Å²) < 4.78 is 9.35. The Morgan fingerprint density at radius 3 is 2.88 bits per heavy atom. The summed E-state index contributed by atoms with van der Waals surface area (Å²) in [6.07, 6.45) is 9.02. The highest BCUT2D eigenvalue weighted by Crippen LogP contribution is 2.38. The molecule has 9 heteroatoms. The highest BCUT2D eigenvalue weighted by atomic mass is 16.5. The number of anilines is 1. The third-order valence-corrected chi connectivity index (χ3v) is 5.82. The summed E-state index contributed by atoms with van der Waals surface area (Å²) in [5.41, 5.74) is 5.26. The lowest BCUT2D eigenvalue weighted by Crippen LogP contribution is -2.36. The fourth-order valence-electron chi connectivity index (χ4n) is 4.18. The molecule has 0 unspecified atom stereocenters. The molecular formula is C25H22N6O3. The van der Waals surface area contributed by atoms with E-state index in [-0.39, 0.29) is 12.5 Å². The number of hydrogen-bond acceptors (Lipinski definition) is 6. The Morgan fingerprint density at radius 2 is 2.09 bits per heavy atom. The highest BCUT2D eigenvalue weighted by molar-refractivity contribution is 6.03. The van der Waals surface area contributed by atoms with Crippen LogP contribution in [0.5, 0.6) is 5.75 Å². The van der Waals surface area contributed by atoms with Gasteiger partial charge in [-0.15, -0.1) is 0 Å². The molecule has 4 aromatic rings. The average molecular weight is 454 g/mol. The van der Waals surface area contributed by atoms with Gasteiger partial charge in [-0.1, -0.05) is 12.6 Å². The number of aryl methyl sites for hydroxylation is 1. The number of aliphatic hydroxyl groups is 1. The number of pyridine rings is 1. The second kappa shape index (κ2) is 8.84. The van der Waals surface area contributed by atoms with Crippen LogP contribution in [0.15, 0.2) is 61.7 Å². The van der Waals surface area contributed by atoms with Crippen molar-refractivity contribution in [2.75, 3.05) is 24.7 Å². The van der Waals surface area contributed by atoms with E-state index in [1.807, 2.05) is 36.7 Å². The van der Waals surface area contributed by atoms with Crippen LogP contribution >= 0.6 is 0 Å². The third-order valence-electron chi connectivity index (χ3n) is 5.82. The normalized spacial score (nSPS) is 12.8. The second-order valence-corrected chi connectivity index (χ2v) is 7.90. The molecule has 0 bridgehead atoms. The van der Waals surface area contributed by atoms with E-state index in [0.717, 1.165) is 22.3 Å². The number of fused-ring (bicyclic) bond motifs is 2. The third kappa shape index (κ3) is 3.70. The molecule has 0 fully saturated rings. The lowest BCUT2D eigenvalue weighted by Gasteiger charge is -2.29. The van der Waals surface area contributed by atoms with Gasteiger partial charge in [-0.2, -0.15) is 15.5 Å². The Hall–Kier alpha value is -4.42. The maximum Gasteiger partial charge on any atom is 0.250 e. The van der Waals surface area contributed by atoms with Crippen molar-refractivity contribution in [1.82, 2.24) is 19.4 Å². The van der Waals surface area contributed by atoms with Crippen LogP contribution in [0.2, 0.25) is 0 Å². The maximum absolute atomic E-state index is 12.3. The summed E-state index contributed by atoms with van der Waals surface area (Å²) in [5, 5.41) is 27.5. The topological polar surface area (TPSA) is 109 Å². The summed E-state index contributed by atoms with van der Waals surface area (Å²) in [4.78, 5) is 13.9. The van der Waals surface area contributed by atoms with Gasteiger partial charge in [0.05, 0.1) is 35.7 Å². The molecule has 1 aromatic carbocycles. The number of ether oxygens (including phenoxy) is 1. The minimum atomic E-state index is -0.178. The molecule has 34 heavy (non-hydrogen) atoms. The van der Waals surface area contributed by atoms with Crippen LogP contribution < -0.4 is 9.64 Å². The zero-order valence-electron chi connectivity index (χ0n) is 18.4. The van der Waals surface area contributed by atoms with Crippen molar-refractivity contribution in [2.24, 2.45) is 0 Å². The fourth-order valence-corrected chi connectivity index (χ4v) is 4.18. The Bertz CT molecular complexity index is 1440. The number of nitriles is 1. The summed E-state index contributed by atoms with van der Waals surface area (Å²) in [7, 11) is 0. The second-order valence-electron chi connectivity index (χ2n) is 7.90. The summed E-state index contributed by atoms with van der Waals surface area (Å²) >= 11 is 0. The van der Waals surface area contributed by atoms with Gasteiger partial charge in [-0.25, -0.2) is 4.52 Å². The van der Waals surface area contributed by atoms with Crippen molar-refractivity contribution in [1.29, 1.82) is 5.26 Å². The number of carbonyl (C=O) groups excluding carboxylic acids is 1. The molecule has 0 saturated heterocycles. The zero-order chi connectivity index (χ0) is 23.7. The van der Waals surface area contributed by atoms with Gasteiger partial charge in [-0.05, 0) is 36.3 Å². The number of benzene rings is 1. The minimum Gasteiger partial charge on any atom is -0.490 e. The first-order chi connectivity index (χ1) is 16.6. The van der Waals surface area contributed by atoms with E-state index in [4.69, 9.17) is 9.84 Å². The van der Waals surface area contributed by atoms with E-state index in [2.05, 4.69) is 22.8 Å². The van der Waals surface area contributed by atoms with Crippen molar-refractivity contribution < 1.29 is 14.6 Å². The molecule has 170 valence electrons. The van der Waals surface area contributed by atoms with E-state index in [1.54, 1.807) is 26.5 Å². The first-order valence-corrected chi connectivity index (χ1v) is 10.9. The Morgan fingerprint density at radius 1 is 1.21 bits per heavy atom. The van der Waals surface area contributed by atoms with E-state index >= 15 is 0 Å². The van der Waals surface area contributed by atoms with Gasteiger partial charge in [0.2, 0.25) is 0 Å². The number of aromatic nitrogens is 4. The van der Waals surface area contributed by atoms with Crippen LogP contribution in [0.3, 0.4) is 0 Å². The quantitative estimate of drug-likeness (QED) is 0.449. The first-order valence-electron chi connectivity index (χ1n) is 10.9. The van der Waals surface area contributed by atoms with Crippen molar-refractivity contribution in [3.63, 3.8) is 0 Å². The van der Waals surface area contributed by atoms with Crippen molar-refractivity contribution in [2.45, 2.75) is 13.0 Å². The predicted molar refractivity (Wildman–Crippen MR) is 126 cm³/mol. The molecule has 1 aliphatic heterocycles. The summed E-state index contributed by atoms with van der Waals surface area (Å²) in [5.74, 6) is 0.416. The van der Waals surface area contributed by atoms with Crippen molar-refractivity contribution in [3.05, 3.63) is 67.3 Å². The smallest absolute Gasteiger partial charge is 0.250 e. The van der Waals surface area contributed by atoms with Gasteiger partial charge >= 0.3 is 0 Å². The largest absolute Gasteiger partial charge is 0.490 e. The van der Waals surface area contributed by atoms with Crippen LogP contribution in [0.4, 0.5) is 5.69 Å². The molecule has 0 radical (unpaired) electrons. The predicted octanol–water partition coefficient (Wildman–Crippen LogP) is 3.03. The summed E-state index contributed by atoms with van der Waals surface area (Å²) in [6.45, 7) is 5.15. The van der Waals surface area contributed by atoms with E-state index in [0.29, 0.717) is 48.6 Å². The number of rotatable bonds is 6. The molecule has 3 aromatic heterocycles. The van der Waals surface area contributed by atoms with Gasteiger partial charge in [0.1, 0.15) is 18.4 Å². The Labute approximate surface area is 195 Å². The van der Waals surface area contributed by atoms with Crippen LogP contribution in [0.25, 0.3) is 27.8 Å². The van der Waals surface area contributed by atoms with Crippen LogP contribution in [0, 0.1) is 11.3 Å². The van der Waals surface area contributed by atoms with Gasteiger partial charge in [0, 0.05) is 42.2 Å². The van der Waals surface area contributed by atoms with Crippen molar-refractivity contribution >= 4 is 17.1 Å². The van der Waals surface area contributed by atoms with Crippen LogP contribution in [0.1, 0.15) is 12.0 Å². The van der Waals surface area contributed by atoms with Crippen LogP contribution in [-0.4, -0.2) is 50.2 Å². The number of aliphatic hydroxyl groups excluding tert-OH is 1. The molecular weight excluding hydrogens is 432 g/mol. The maximum atomic E-state index is 12.3. The SMILES string of the molecule is C=CC(=O)N1CCOc2cc(-c3cc(-c4cnn(CCCO)c4)cn4ncc(C#N)c34)ccc21. The van der Waals surface area contributed by atoms with Gasteiger partial charge in [-0.3, -0.25) is 9.48 Å². The van der Waals surface area contributed by atoms with Crippen molar-refractivity contribution in [3.8, 4) is 34.1 Å². The molecule has 1 amide bonds. The summed E-state index contributed by atoms with van der Waals surface area (Å²) in [6, 6.07) is 9.87. The van der Waals surface area contributed by atoms with E-state index < -0.39 is 0 Å². The lowest BCUT2D eigenvalue weighted by molar-refractivity contribution is -0.114. The van der Waals surface area contributed by atoms with E-state index in [9.17, 15) is 10.1 Å². The highest BCUT2D eigenvalue weighted by Gasteiger charge is 2.23. The van der Waals surface area contributed by atoms with E-state index in [1.165, 1.54) is 6.08 Å². The fraction of sp³-hybridized carbons (Fsp3) is 0.200. The van der Waals surface area contributed by atoms with Gasteiger partial charge < -0.3 is 14.7 Å². The first kappa shape index (κ1) is 21.4. The number of nitrogens with zero attached hydrogens (tertiary/aromatic N) is 6. The molecule has 9 nitrogen and oxygen atoms in total. The number of amides is 1. The molecule has 1 aliphatic rings. The monoisotopic (exact) mass is 454 g/mol. The Balaban J connectivity index is 1.63. The Kier molecular flexibility index (Phi) is 5.57. The van der Waals surface area contributed by atoms with Gasteiger partial charge in [0.25, 0.3) is 5.91 Å². The molecule has 0 atom stereocenters. The van der Waals surface area contributed by atoms with Crippen LogP contribution in [-0.2, 0) is 11.3 Å². The molecule has 4 heterocycles. The number of carbonyl (C=O) groups is 1. The minimum absolute atomic E-state index is 0.103. The molecule has 0 saturated carbocycles. The molecule has 0 aliphatic carbocycles. The standard InChI is InChI=1S/C25H22N6O3/c1-2-24(33)30-7-9-34-23-11-17(4-5-22(23)30)21-10-18(16-31-25(21)19(12-26)13-28-31)20-14-27-29(15-20)6-3-8-32/h2,4-5,10-11,13-16,32H,1,3,6-9H2. The molecule has 1 N–H and O–H groups in total. The molecule has 0 spiro atoms. The lowest BCUT2D eigenvalue weighted by atomic mass is 9.99. The average Bonchev–Trinajstić information content (AvgIpc) is 3.52. The van der Waals surface area contributed by atoms with Gasteiger partial charge in [0.15, 0.2) is 0 Å². The zero-order valence-corrected chi connectivity index (χ0v) is 18.4. The molecule has 5 rings (SSSR count).